The molecule has 0 fully saturated rings. The highest BCUT2D eigenvalue weighted by atomic mass is 14.5. The fraction of sp³-hybridized carbons (Fsp3) is 0.400. The molecule has 0 heterocycles. The summed E-state index contributed by atoms with van der Waals surface area (Å²) in [6, 6.07) is 0. The van der Waals surface area contributed by atoms with E-state index in [9.17, 15) is 0 Å². The third-order valence-corrected chi connectivity index (χ3v) is 1.58. The van der Waals surface area contributed by atoms with Crippen LogP contribution in [0.4, 0.5) is 0 Å². The molecule has 0 aliphatic carbocycles. The second kappa shape index (κ2) is 4.78. The first kappa shape index (κ1) is 10.0. The van der Waals surface area contributed by atoms with Crippen LogP contribution in [0.3, 0.4) is 0 Å². The van der Waals surface area contributed by atoms with Crippen LogP contribution < -0.4 is 5.73 Å². The second-order valence-electron chi connectivity index (χ2n) is 3.00. The summed E-state index contributed by atoms with van der Waals surface area (Å²) in [4.78, 5) is 0. The first-order valence-electron chi connectivity index (χ1n) is 3.83. The van der Waals surface area contributed by atoms with Crippen molar-refractivity contribution in [3.63, 3.8) is 0 Å². The summed E-state index contributed by atoms with van der Waals surface area (Å²) >= 11 is 0. The molecule has 0 radical (unpaired) electrons. The number of hydrogen-bond donors (Lipinski definition) is 1. The summed E-state index contributed by atoms with van der Waals surface area (Å²) in [6.45, 7) is 9.99. The topological polar surface area (TPSA) is 26.0 Å². The molecule has 0 saturated heterocycles. The van der Waals surface area contributed by atoms with Crippen LogP contribution in [0.5, 0.6) is 0 Å². The molecule has 0 rings (SSSR count). The van der Waals surface area contributed by atoms with Crippen LogP contribution in [0.2, 0.25) is 0 Å². The van der Waals surface area contributed by atoms with Crippen LogP contribution in [0.15, 0.2) is 36.1 Å². The van der Waals surface area contributed by atoms with Crippen molar-refractivity contribution < 1.29 is 0 Å². The van der Waals surface area contributed by atoms with Gasteiger partial charge in [0.05, 0.1) is 0 Å². The zero-order chi connectivity index (χ0) is 8.85. The van der Waals surface area contributed by atoms with E-state index >= 15 is 0 Å². The van der Waals surface area contributed by atoms with Gasteiger partial charge in [0.25, 0.3) is 0 Å². The van der Waals surface area contributed by atoms with Crippen molar-refractivity contribution in [1.82, 2.24) is 0 Å². The monoisotopic (exact) mass is 151 g/mol. The molecule has 0 aliphatic heterocycles. The van der Waals surface area contributed by atoms with Gasteiger partial charge in [0.15, 0.2) is 0 Å². The highest BCUT2D eigenvalue weighted by Gasteiger charge is 1.91. The van der Waals surface area contributed by atoms with Crippen LogP contribution in [0, 0.1) is 5.92 Å². The Labute approximate surface area is 69.3 Å². The van der Waals surface area contributed by atoms with E-state index in [1.807, 2.05) is 6.08 Å². The third kappa shape index (κ3) is 5.46. The van der Waals surface area contributed by atoms with Crippen LogP contribution in [-0.4, -0.2) is 0 Å². The van der Waals surface area contributed by atoms with Gasteiger partial charge in [0, 0.05) is 5.70 Å². The molecule has 62 valence electrons. The predicted octanol–water partition coefficient (Wildman–Crippen LogP) is 2.62. The summed E-state index contributed by atoms with van der Waals surface area (Å²) in [6.07, 6.45) is 5.78. The fourth-order valence-electron chi connectivity index (χ4n) is 0.516. The van der Waals surface area contributed by atoms with E-state index in [1.54, 1.807) is 6.08 Å². The maximum absolute atomic E-state index is 5.34. The van der Waals surface area contributed by atoms with Crippen molar-refractivity contribution in [2.75, 3.05) is 0 Å². The minimum absolute atomic E-state index is 0.595. The van der Waals surface area contributed by atoms with Crippen molar-refractivity contribution in [2.45, 2.75) is 20.8 Å². The molecule has 1 nitrogen and oxygen atoms in total. The molecule has 1 heteroatoms. The SMILES string of the molecule is C=C(N)/C=C\C=C(/C)C(C)C. The van der Waals surface area contributed by atoms with Crippen molar-refractivity contribution in [1.29, 1.82) is 0 Å². The van der Waals surface area contributed by atoms with Crippen LogP contribution >= 0.6 is 0 Å². The molecule has 0 aliphatic rings. The summed E-state index contributed by atoms with van der Waals surface area (Å²) in [5.74, 6) is 0.602. The van der Waals surface area contributed by atoms with E-state index in [4.69, 9.17) is 5.73 Å². The molecule has 0 unspecified atom stereocenters. The molecule has 11 heavy (non-hydrogen) atoms. The second-order valence-corrected chi connectivity index (χ2v) is 3.00. The Balaban J connectivity index is 4.01. The molecule has 0 spiro atoms. The number of hydrogen-bond acceptors (Lipinski definition) is 1. The lowest BCUT2D eigenvalue weighted by atomic mass is 10.1. The lowest BCUT2D eigenvalue weighted by Gasteiger charge is -2.01. The molecule has 0 bridgehead atoms. The Morgan fingerprint density at radius 3 is 2.36 bits per heavy atom. The summed E-state index contributed by atoms with van der Waals surface area (Å²) in [5.41, 5.74) is 7.29. The molecule has 0 saturated carbocycles. The van der Waals surface area contributed by atoms with Crippen molar-refractivity contribution in [3.05, 3.63) is 36.1 Å². The van der Waals surface area contributed by atoms with Gasteiger partial charge in [-0.05, 0) is 18.9 Å². The van der Waals surface area contributed by atoms with Crippen molar-refractivity contribution in [3.8, 4) is 0 Å². The lowest BCUT2D eigenvalue weighted by Crippen LogP contribution is -1.89. The van der Waals surface area contributed by atoms with E-state index in [1.165, 1.54) is 5.57 Å². The predicted molar refractivity (Wildman–Crippen MR) is 51.1 cm³/mol. The lowest BCUT2D eigenvalue weighted by molar-refractivity contribution is 0.769. The Bertz CT molecular complexity index is 185. The highest BCUT2D eigenvalue weighted by Crippen LogP contribution is 2.07. The molecular formula is C10H17N. The van der Waals surface area contributed by atoms with E-state index < -0.39 is 0 Å². The van der Waals surface area contributed by atoms with Crippen molar-refractivity contribution in [2.24, 2.45) is 11.7 Å². The van der Waals surface area contributed by atoms with E-state index in [-0.39, 0.29) is 0 Å². The number of rotatable bonds is 3. The van der Waals surface area contributed by atoms with Crippen LogP contribution in [0.25, 0.3) is 0 Å². The van der Waals surface area contributed by atoms with Gasteiger partial charge in [0.1, 0.15) is 0 Å². The smallest absolute Gasteiger partial charge is 0.0240 e. The Morgan fingerprint density at radius 2 is 2.00 bits per heavy atom. The van der Waals surface area contributed by atoms with Gasteiger partial charge in [-0.2, -0.15) is 0 Å². The van der Waals surface area contributed by atoms with Gasteiger partial charge < -0.3 is 5.73 Å². The first-order valence-corrected chi connectivity index (χ1v) is 3.83. The summed E-state index contributed by atoms with van der Waals surface area (Å²) in [7, 11) is 0. The average Bonchev–Trinajstić information content (AvgIpc) is 1.86. The number of allylic oxidation sites excluding steroid dienone is 4. The summed E-state index contributed by atoms with van der Waals surface area (Å²) < 4.78 is 0. The Hall–Kier alpha value is -0.980. The van der Waals surface area contributed by atoms with Gasteiger partial charge in [0.2, 0.25) is 0 Å². The van der Waals surface area contributed by atoms with Gasteiger partial charge in [-0.25, -0.2) is 0 Å². The minimum Gasteiger partial charge on any atom is -0.399 e. The zero-order valence-electron chi connectivity index (χ0n) is 7.59. The van der Waals surface area contributed by atoms with Crippen LogP contribution in [0.1, 0.15) is 20.8 Å². The Kier molecular flexibility index (Phi) is 4.35. The molecular weight excluding hydrogens is 134 g/mol. The van der Waals surface area contributed by atoms with Gasteiger partial charge in [-0.3, -0.25) is 0 Å². The average molecular weight is 151 g/mol. The maximum Gasteiger partial charge on any atom is 0.0240 e. The minimum atomic E-state index is 0.595. The van der Waals surface area contributed by atoms with E-state index in [0.717, 1.165) is 0 Å². The van der Waals surface area contributed by atoms with Gasteiger partial charge in [-0.15, -0.1) is 0 Å². The third-order valence-electron chi connectivity index (χ3n) is 1.58. The maximum atomic E-state index is 5.34. The van der Waals surface area contributed by atoms with E-state index in [2.05, 4.69) is 33.4 Å². The first-order chi connectivity index (χ1) is 5.04. The van der Waals surface area contributed by atoms with Gasteiger partial charge in [-0.1, -0.05) is 38.2 Å². The largest absolute Gasteiger partial charge is 0.399 e. The molecule has 0 atom stereocenters. The molecule has 0 aromatic carbocycles. The van der Waals surface area contributed by atoms with Gasteiger partial charge >= 0.3 is 0 Å². The van der Waals surface area contributed by atoms with Crippen molar-refractivity contribution >= 4 is 0 Å². The van der Waals surface area contributed by atoms with Crippen LogP contribution in [-0.2, 0) is 0 Å². The number of nitrogens with two attached hydrogens (primary N) is 1. The molecule has 2 N–H and O–H groups in total. The summed E-state index contributed by atoms with van der Waals surface area (Å²) in [5, 5.41) is 0. The Morgan fingerprint density at radius 1 is 1.45 bits per heavy atom. The molecule has 0 amide bonds. The highest BCUT2D eigenvalue weighted by molar-refractivity contribution is 5.19. The fourth-order valence-corrected chi connectivity index (χ4v) is 0.516. The standard InChI is InChI=1S/C10H17N/c1-8(2)9(3)6-5-7-10(4)11/h5-8H,4,11H2,1-3H3/b7-5-,9-6+. The van der Waals surface area contributed by atoms with E-state index in [0.29, 0.717) is 11.6 Å². The molecule has 0 aromatic rings. The normalized spacial score (nSPS) is 12.9. The molecule has 0 aromatic heterocycles. The quantitative estimate of drug-likeness (QED) is 0.616. The zero-order valence-corrected chi connectivity index (χ0v) is 7.59.